The summed E-state index contributed by atoms with van der Waals surface area (Å²) in [7, 11) is 0. The number of carboxylic acids is 1. The molecule has 140 valence electrons. The first-order valence-corrected chi connectivity index (χ1v) is 8.25. The van der Waals surface area contributed by atoms with Crippen molar-refractivity contribution in [3.63, 3.8) is 0 Å². The predicted octanol–water partition coefficient (Wildman–Crippen LogP) is 2.57. The minimum Gasteiger partial charge on any atom is -0.476 e. The molecule has 1 amide bonds. The molecule has 2 aromatic heterocycles. The molecule has 8 nitrogen and oxygen atoms in total. The van der Waals surface area contributed by atoms with E-state index >= 15 is 0 Å². The highest BCUT2D eigenvalue weighted by Crippen LogP contribution is 2.21. The number of carbonyl (C=O) groups is 2. The maximum atomic E-state index is 13.9. The molecular formula is C17H15ClFN5O3. The van der Waals surface area contributed by atoms with Crippen LogP contribution in [0.2, 0.25) is 5.02 Å². The highest BCUT2D eigenvalue weighted by Gasteiger charge is 2.14. The van der Waals surface area contributed by atoms with E-state index in [2.05, 4.69) is 15.5 Å². The quantitative estimate of drug-likeness (QED) is 0.672. The maximum absolute atomic E-state index is 13.9. The highest BCUT2D eigenvalue weighted by atomic mass is 35.5. The Morgan fingerprint density at radius 2 is 2.07 bits per heavy atom. The van der Waals surface area contributed by atoms with Crippen LogP contribution in [-0.4, -0.2) is 36.5 Å². The number of nitrogens with one attached hydrogen (secondary N) is 1. The summed E-state index contributed by atoms with van der Waals surface area (Å²) in [5, 5.41) is 19.7. The van der Waals surface area contributed by atoms with Gasteiger partial charge in [-0.15, -0.1) is 0 Å². The molecule has 0 fully saturated rings. The van der Waals surface area contributed by atoms with Crippen molar-refractivity contribution in [2.75, 3.05) is 5.32 Å². The van der Waals surface area contributed by atoms with Crippen LogP contribution in [0.3, 0.4) is 0 Å². The minimum atomic E-state index is -1.17. The van der Waals surface area contributed by atoms with Crippen LogP contribution in [0, 0.1) is 12.7 Å². The zero-order valence-electron chi connectivity index (χ0n) is 14.2. The number of aromatic nitrogens is 4. The molecule has 10 heteroatoms. The summed E-state index contributed by atoms with van der Waals surface area (Å²) >= 11 is 6.04. The van der Waals surface area contributed by atoms with E-state index in [0.717, 1.165) is 0 Å². The summed E-state index contributed by atoms with van der Waals surface area (Å²) in [6, 6.07) is 7.37. The van der Waals surface area contributed by atoms with Gasteiger partial charge in [0.15, 0.2) is 11.5 Å². The molecule has 0 aliphatic carbocycles. The van der Waals surface area contributed by atoms with Crippen molar-refractivity contribution in [3.8, 4) is 0 Å². The molecular weight excluding hydrogens is 377 g/mol. The van der Waals surface area contributed by atoms with Gasteiger partial charge in [-0.3, -0.25) is 14.2 Å². The number of anilines is 1. The lowest BCUT2D eigenvalue weighted by atomic mass is 10.2. The molecule has 3 rings (SSSR count). The number of hydrogen-bond donors (Lipinski definition) is 2. The predicted molar refractivity (Wildman–Crippen MR) is 95.3 cm³/mol. The molecule has 1 aromatic carbocycles. The van der Waals surface area contributed by atoms with Crippen LogP contribution in [0.1, 0.15) is 21.7 Å². The van der Waals surface area contributed by atoms with Gasteiger partial charge in [0.2, 0.25) is 5.91 Å². The number of hydrogen-bond acceptors (Lipinski definition) is 4. The van der Waals surface area contributed by atoms with Gasteiger partial charge < -0.3 is 10.4 Å². The third kappa shape index (κ3) is 4.32. The van der Waals surface area contributed by atoms with Crippen molar-refractivity contribution in [3.05, 3.63) is 64.3 Å². The minimum absolute atomic E-state index is 0.119. The normalized spacial score (nSPS) is 10.8. The molecule has 0 bridgehead atoms. The largest absolute Gasteiger partial charge is 0.476 e. The van der Waals surface area contributed by atoms with E-state index in [1.807, 2.05) is 0 Å². The Bertz CT molecular complexity index is 994. The van der Waals surface area contributed by atoms with Gasteiger partial charge in [-0.25, -0.2) is 9.18 Å². The highest BCUT2D eigenvalue weighted by molar-refractivity contribution is 6.31. The monoisotopic (exact) mass is 391 g/mol. The molecule has 0 spiro atoms. The number of rotatable bonds is 6. The van der Waals surface area contributed by atoms with E-state index in [1.165, 1.54) is 33.8 Å². The van der Waals surface area contributed by atoms with Crippen molar-refractivity contribution < 1.29 is 19.1 Å². The number of aryl methyl sites for hydroxylation is 1. The van der Waals surface area contributed by atoms with E-state index in [0.29, 0.717) is 16.3 Å². The van der Waals surface area contributed by atoms with Gasteiger partial charge in [-0.05, 0) is 25.1 Å². The van der Waals surface area contributed by atoms with Gasteiger partial charge in [0.25, 0.3) is 0 Å². The van der Waals surface area contributed by atoms with Crippen LogP contribution in [0.25, 0.3) is 0 Å². The van der Waals surface area contributed by atoms with Gasteiger partial charge in [-0.1, -0.05) is 17.7 Å². The first kappa shape index (κ1) is 18.6. The smallest absolute Gasteiger partial charge is 0.356 e. The first-order valence-electron chi connectivity index (χ1n) is 7.87. The summed E-state index contributed by atoms with van der Waals surface area (Å²) < 4.78 is 16.7. The lowest BCUT2D eigenvalue weighted by molar-refractivity contribution is -0.116. The van der Waals surface area contributed by atoms with Gasteiger partial charge >= 0.3 is 5.97 Å². The third-order valence-electron chi connectivity index (χ3n) is 3.78. The molecule has 27 heavy (non-hydrogen) atoms. The number of amides is 1. The fourth-order valence-electron chi connectivity index (χ4n) is 2.46. The number of nitrogens with zero attached hydrogens (tertiary/aromatic N) is 4. The second-order valence-electron chi connectivity index (χ2n) is 5.78. The SMILES string of the molecule is Cc1cc(NC(=O)Cn2ccc(C(=O)O)n2)nn1Cc1c(F)cccc1Cl. The fraction of sp³-hybridized carbons (Fsp3) is 0.176. The van der Waals surface area contributed by atoms with Crippen LogP contribution >= 0.6 is 11.6 Å². The van der Waals surface area contributed by atoms with E-state index in [9.17, 15) is 14.0 Å². The Labute approximate surface area is 158 Å². The van der Waals surface area contributed by atoms with Crippen molar-refractivity contribution in [1.82, 2.24) is 19.6 Å². The molecule has 0 saturated carbocycles. The van der Waals surface area contributed by atoms with Crippen molar-refractivity contribution in [1.29, 1.82) is 0 Å². The first-order chi connectivity index (χ1) is 12.8. The lowest BCUT2D eigenvalue weighted by Gasteiger charge is -2.07. The molecule has 2 N–H and O–H groups in total. The molecule has 0 unspecified atom stereocenters. The Morgan fingerprint density at radius 1 is 1.30 bits per heavy atom. The summed E-state index contributed by atoms with van der Waals surface area (Å²) in [4.78, 5) is 22.9. The average Bonchev–Trinajstić information content (AvgIpc) is 3.18. The number of carboxylic acid groups (broad SMARTS) is 1. The second-order valence-corrected chi connectivity index (χ2v) is 6.19. The van der Waals surface area contributed by atoms with Crippen molar-refractivity contribution >= 4 is 29.3 Å². The van der Waals surface area contributed by atoms with E-state index in [-0.39, 0.29) is 24.6 Å². The van der Waals surface area contributed by atoms with Gasteiger partial charge in [-0.2, -0.15) is 10.2 Å². The molecule has 0 aliphatic heterocycles. The zero-order valence-corrected chi connectivity index (χ0v) is 14.9. The van der Waals surface area contributed by atoms with E-state index in [4.69, 9.17) is 16.7 Å². The summed E-state index contributed by atoms with van der Waals surface area (Å²) in [5.74, 6) is -1.74. The summed E-state index contributed by atoms with van der Waals surface area (Å²) in [6.45, 7) is 1.72. The number of aromatic carboxylic acids is 1. The third-order valence-corrected chi connectivity index (χ3v) is 4.14. The van der Waals surface area contributed by atoms with E-state index in [1.54, 1.807) is 19.1 Å². The molecule has 0 saturated heterocycles. The van der Waals surface area contributed by atoms with Crippen molar-refractivity contribution in [2.45, 2.75) is 20.0 Å². The van der Waals surface area contributed by atoms with Gasteiger partial charge in [0, 0.05) is 28.5 Å². The lowest BCUT2D eigenvalue weighted by Crippen LogP contribution is -2.20. The molecule has 0 aliphatic rings. The molecule has 0 radical (unpaired) electrons. The van der Waals surface area contributed by atoms with Crippen LogP contribution in [0.5, 0.6) is 0 Å². The fourth-order valence-corrected chi connectivity index (χ4v) is 2.68. The van der Waals surface area contributed by atoms with Crippen LogP contribution in [0.4, 0.5) is 10.2 Å². The van der Waals surface area contributed by atoms with Gasteiger partial charge in [0.1, 0.15) is 12.4 Å². The Hall–Kier alpha value is -3.20. The molecule has 3 aromatic rings. The number of carbonyl (C=O) groups excluding carboxylic acids is 1. The number of halogens is 2. The van der Waals surface area contributed by atoms with Crippen LogP contribution in [-0.2, 0) is 17.9 Å². The standard InChI is InChI=1S/C17H15ClFN5O3/c1-10-7-15(20-16(25)9-23-6-5-14(21-23)17(26)27)22-24(10)8-11-12(18)3-2-4-13(11)19/h2-7H,8-9H2,1H3,(H,26,27)(H,20,22,25). The summed E-state index contributed by atoms with van der Waals surface area (Å²) in [5.41, 5.74) is 0.863. The van der Waals surface area contributed by atoms with Crippen molar-refractivity contribution in [2.24, 2.45) is 0 Å². The topological polar surface area (TPSA) is 102 Å². The Morgan fingerprint density at radius 3 is 2.74 bits per heavy atom. The zero-order chi connectivity index (χ0) is 19.6. The van der Waals surface area contributed by atoms with Gasteiger partial charge in [0.05, 0.1) is 6.54 Å². The Kier molecular flexibility index (Phi) is 5.22. The van der Waals surface area contributed by atoms with Crippen LogP contribution in [0.15, 0.2) is 36.5 Å². The number of benzene rings is 1. The second kappa shape index (κ2) is 7.58. The summed E-state index contributed by atoms with van der Waals surface area (Å²) in [6.07, 6.45) is 1.40. The average molecular weight is 392 g/mol. The maximum Gasteiger partial charge on any atom is 0.356 e. The van der Waals surface area contributed by atoms with Crippen LogP contribution < -0.4 is 5.32 Å². The van der Waals surface area contributed by atoms with E-state index < -0.39 is 17.7 Å². The Balaban J connectivity index is 1.68. The molecule has 0 atom stereocenters. The molecule has 2 heterocycles.